The number of hydrogen-bond acceptors (Lipinski definition) is 1. The van der Waals surface area contributed by atoms with Gasteiger partial charge in [0.05, 0.1) is 5.02 Å². The second kappa shape index (κ2) is 5.08. The molecule has 20 heavy (non-hydrogen) atoms. The molecule has 0 spiro atoms. The van der Waals surface area contributed by atoms with E-state index in [1.54, 1.807) is 18.3 Å². The molecule has 0 amide bonds. The molecule has 1 aromatic heterocycles. The summed E-state index contributed by atoms with van der Waals surface area (Å²) in [4.78, 5) is 15.8. The van der Waals surface area contributed by atoms with Crippen molar-refractivity contribution in [2.45, 2.75) is 6.92 Å². The van der Waals surface area contributed by atoms with Crippen LogP contribution in [0.15, 0.2) is 47.1 Å². The first kappa shape index (κ1) is 13.4. The summed E-state index contributed by atoms with van der Waals surface area (Å²) in [5.41, 5.74) is 3.23. The van der Waals surface area contributed by atoms with Crippen molar-refractivity contribution >= 4 is 44.2 Å². The Morgan fingerprint density at radius 2 is 1.95 bits per heavy atom. The molecule has 0 aliphatic carbocycles. The minimum absolute atomic E-state index is 0.0700. The fourth-order valence-corrected chi connectivity index (χ4v) is 3.00. The lowest BCUT2D eigenvalue weighted by Crippen LogP contribution is -2.01. The number of fused-ring (bicyclic) bond motifs is 1. The van der Waals surface area contributed by atoms with Gasteiger partial charge in [-0.05, 0) is 37.3 Å². The average molecular weight is 349 g/mol. The highest BCUT2D eigenvalue weighted by Crippen LogP contribution is 2.27. The van der Waals surface area contributed by atoms with Gasteiger partial charge in [0, 0.05) is 32.7 Å². The van der Waals surface area contributed by atoms with Crippen molar-refractivity contribution in [2.75, 3.05) is 0 Å². The summed E-state index contributed by atoms with van der Waals surface area (Å²) < 4.78 is 0.855. The molecule has 0 unspecified atom stereocenters. The van der Waals surface area contributed by atoms with Gasteiger partial charge < -0.3 is 4.98 Å². The first-order valence-electron chi connectivity index (χ1n) is 6.14. The maximum atomic E-state index is 12.6. The molecular formula is C16H11BrClNO. The maximum absolute atomic E-state index is 12.6. The van der Waals surface area contributed by atoms with Crippen molar-refractivity contribution < 1.29 is 4.79 Å². The van der Waals surface area contributed by atoms with E-state index in [0.717, 1.165) is 20.9 Å². The van der Waals surface area contributed by atoms with E-state index in [2.05, 4.69) is 20.9 Å². The normalized spacial score (nSPS) is 10.9. The second-order valence-electron chi connectivity index (χ2n) is 4.70. The molecule has 1 N–H and O–H groups in total. The highest BCUT2D eigenvalue weighted by atomic mass is 79.9. The van der Waals surface area contributed by atoms with Crippen LogP contribution in [0.4, 0.5) is 0 Å². The van der Waals surface area contributed by atoms with Crippen LogP contribution in [0.2, 0.25) is 5.02 Å². The summed E-state index contributed by atoms with van der Waals surface area (Å²) in [6.07, 6.45) is 1.74. The quantitative estimate of drug-likeness (QED) is 0.640. The third kappa shape index (κ3) is 2.28. The van der Waals surface area contributed by atoms with Crippen LogP contribution < -0.4 is 0 Å². The number of carbonyl (C=O) groups excluding carboxylic acids is 1. The molecule has 0 atom stereocenters. The lowest BCUT2D eigenvalue weighted by atomic mass is 10.0. The summed E-state index contributed by atoms with van der Waals surface area (Å²) in [6.45, 7) is 2.01. The Morgan fingerprint density at radius 3 is 2.70 bits per heavy atom. The van der Waals surface area contributed by atoms with E-state index in [4.69, 9.17) is 11.6 Å². The minimum atomic E-state index is -0.0700. The molecule has 0 radical (unpaired) electrons. The number of H-pyrrole nitrogens is 1. The summed E-state index contributed by atoms with van der Waals surface area (Å²) in [5, 5.41) is 1.38. The largest absolute Gasteiger partial charge is 0.360 e. The van der Waals surface area contributed by atoms with Crippen molar-refractivity contribution in [3.05, 3.63) is 68.8 Å². The lowest BCUT2D eigenvalue weighted by molar-refractivity contribution is 0.104. The minimum Gasteiger partial charge on any atom is -0.360 e. The highest BCUT2D eigenvalue weighted by molar-refractivity contribution is 9.10. The highest BCUT2D eigenvalue weighted by Gasteiger charge is 2.17. The van der Waals surface area contributed by atoms with Crippen LogP contribution in [0.25, 0.3) is 10.9 Å². The van der Waals surface area contributed by atoms with E-state index in [1.165, 1.54) is 0 Å². The number of aromatic nitrogens is 1. The van der Waals surface area contributed by atoms with Gasteiger partial charge in [0.2, 0.25) is 0 Å². The van der Waals surface area contributed by atoms with Gasteiger partial charge in [0.15, 0.2) is 5.78 Å². The Hall–Kier alpha value is -1.58. The summed E-state index contributed by atoms with van der Waals surface area (Å²) >= 11 is 9.50. The molecule has 0 bridgehead atoms. The molecule has 0 saturated heterocycles. The van der Waals surface area contributed by atoms with Crippen LogP contribution in [-0.2, 0) is 0 Å². The Labute approximate surface area is 129 Å². The Kier molecular flexibility index (Phi) is 3.40. The van der Waals surface area contributed by atoms with Crippen LogP contribution in [-0.4, -0.2) is 10.8 Å². The summed E-state index contributed by atoms with van der Waals surface area (Å²) in [5.74, 6) is -0.0700. The Morgan fingerprint density at radius 1 is 1.15 bits per heavy atom. The number of hydrogen-bond donors (Lipinski definition) is 1. The molecule has 3 rings (SSSR count). The first-order valence-corrected chi connectivity index (χ1v) is 7.31. The van der Waals surface area contributed by atoms with Crippen LogP contribution in [0.5, 0.6) is 0 Å². The monoisotopic (exact) mass is 347 g/mol. The van der Waals surface area contributed by atoms with Crippen LogP contribution in [0.3, 0.4) is 0 Å². The molecule has 100 valence electrons. The van der Waals surface area contributed by atoms with Gasteiger partial charge in [-0.15, -0.1) is 0 Å². The topological polar surface area (TPSA) is 32.9 Å². The third-order valence-electron chi connectivity index (χ3n) is 3.26. The van der Waals surface area contributed by atoms with Gasteiger partial charge in [-0.1, -0.05) is 39.2 Å². The zero-order valence-electron chi connectivity index (χ0n) is 10.7. The Balaban J connectivity index is 2.15. The van der Waals surface area contributed by atoms with Crippen LogP contribution in [0, 0.1) is 6.92 Å². The number of aryl methyl sites for hydroxylation is 1. The molecule has 0 fully saturated rings. The fourth-order valence-electron chi connectivity index (χ4n) is 2.24. The van der Waals surface area contributed by atoms with Gasteiger partial charge in [-0.3, -0.25) is 4.79 Å². The summed E-state index contributed by atoms with van der Waals surface area (Å²) in [7, 11) is 0. The lowest BCUT2D eigenvalue weighted by Gasteiger charge is -2.03. The van der Waals surface area contributed by atoms with E-state index < -0.39 is 0 Å². The maximum Gasteiger partial charge on any atom is 0.196 e. The standard InChI is InChI=1S/C16H11BrClNO/c1-9-2-5-15-12(6-9)13(8-19-15)16(20)11-4-3-10(17)7-14(11)18/h2-8,19H,1H3. The molecule has 0 saturated carbocycles. The molecular weight excluding hydrogens is 338 g/mol. The van der Waals surface area contributed by atoms with Crippen LogP contribution in [0.1, 0.15) is 21.5 Å². The third-order valence-corrected chi connectivity index (χ3v) is 4.06. The van der Waals surface area contributed by atoms with Crippen molar-refractivity contribution in [3.63, 3.8) is 0 Å². The van der Waals surface area contributed by atoms with E-state index in [-0.39, 0.29) is 5.78 Å². The number of carbonyl (C=O) groups is 1. The number of halogens is 2. The SMILES string of the molecule is Cc1ccc2[nH]cc(C(=O)c3ccc(Br)cc3Cl)c2c1. The van der Waals surface area contributed by atoms with Crippen molar-refractivity contribution in [3.8, 4) is 0 Å². The van der Waals surface area contributed by atoms with Gasteiger partial charge in [-0.25, -0.2) is 0 Å². The molecule has 1 heterocycles. The van der Waals surface area contributed by atoms with E-state index in [9.17, 15) is 4.79 Å². The number of ketones is 1. The van der Waals surface area contributed by atoms with Crippen molar-refractivity contribution in [1.82, 2.24) is 4.98 Å². The van der Waals surface area contributed by atoms with Gasteiger partial charge in [0.1, 0.15) is 0 Å². The molecule has 2 nitrogen and oxygen atoms in total. The smallest absolute Gasteiger partial charge is 0.196 e. The summed E-state index contributed by atoms with van der Waals surface area (Å²) in [6, 6.07) is 11.3. The number of nitrogens with one attached hydrogen (secondary N) is 1. The zero-order chi connectivity index (χ0) is 14.3. The molecule has 0 aliphatic heterocycles. The zero-order valence-corrected chi connectivity index (χ0v) is 13.0. The van der Waals surface area contributed by atoms with E-state index >= 15 is 0 Å². The van der Waals surface area contributed by atoms with Crippen molar-refractivity contribution in [1.29, 1.82) is 0 Å². The molecule has 3 aromatic rings. The fraction of sp³-hybridized carbons (Fsp3) is 0.0625. The number of aromatic amines is 1. The predicted molar refractivity (Wildman–Crippen MR) is 85.6 cm³/mol. The van der Waals surface area contributed by atoms with Gasteiger partial charge >= 0.3 is 0 Å². The first-order chi connectivity index (χ1) is 9.56. The Bertz CT molecular complexity index is 822. The van der Waals surface area contributed by atoms with E-state index in [0.29, 0.717) is 16.1 Å². The number of benzene rings is 2. The average Bonchev–Trinajstić information content (AvgIpc) is 2.81. The molecule has 4 heteroatoms. The number of rotatable bonds is 2. The van der Waals surface area contributed by atoms with Crippen molar-refractivity contribution in [2.24, 2.45) is 0 Å². The van der Waals surface area contributed by atoms with Crippen LogP contribution >= 0.6 is 27.5 Å². The molecule has 0 aliphatic rings. The molecule has 2 aromatic carbocycles. The van der Waals surface area contributed by atoms with Gasteiger partial charge in [-0.2, -0.15) is 0 Å². The van der Waals surface area contributed by atoms with E-state index in [1.807, 2.05) is 31.2 Å². The second-order valence-corrected chi connectivity index (χ2v) is 6.03. The predicted octanol–water partition coefficient (Wildman–Crippen LogP) is 5.12. The van der Waals surface area contributed by atoms with Gasteiger partial charge in [0.25, 0.3) is 0 Å².